The maximum absolute atomic E-state index is 13.9. The molecule has 39 heavy (non-hydrogen) atoms. The molecule has 8 nitrogen and oxygen atoms in total. The van der Waals surface area contributed by atoms with Gasteiger partial charge in [-0.05, 0) is 47.6 Å². The first kappa shape index (κ1) is 29.8. The van der Waals surface area contributed by atoms with Crippen LogP contribution in [-0.2, 0) is 25.6 Å². The standard InChI is InChI=1S/C30H39FN4O4/c1-19(32-24(36)16-20-11-10-12-21(31)15-20)26(37)33-25-27(38)34(17-29(2,3)4)22-13-8-9-14-23(22)35(28(25)39)18-30(5,6)7/h8-15,19,25H,16-18H2,1-7H3,(H,32,36)(H,33,37)/t19-/m0/s1. The van der Waals surface area contributed by atoms with Gasteiger partial charge in [-0.25, -0.2) is 4.39 Å². The largest absolute Gasteiger partial charge is 0.344 e. The molecule has 1 aliphatic rings. The Morgan fingerprint density at radius 3 is 1.85 bits per heavy atom. The Kier molecular flexibility index (Phi) is 8.83. The summed E-state index contributed by atoms with van der Waals surface area (Å²) < 4.78 is 13.5. The summed E-state index contributed by atoms with van der Waals surface area (Å²) in [5.41, 5.74) is 1.07. The zero-order valence-electron chi connectivity index (χ0n) is 23.8. The van der Waals surface area contributed by atoms with E-state index < -0.39 is 41.5 Å². The maximum Gasteiger partial charge on any atom is 0.259 e. The van der Waals surface area contributed by atoms with E-state index in [0.29, 0.717) is 30.0 Å². The second kappa shape index (κ2) is 11.6. The normalized spacial score (nSPS) is 15.5. The minimum Gasteiger partial charge on any atom is -0.344 e. The van der Waals surface area contributed by atoms with Gasteiger partial charge in [0.25, 0.3) is 11.8 Å². The number of hydrogen-bond acceptors (Lipinski definition) is 4. The van der Waals surface area contributed by atoms with Crippen LogP contribution in [0.25, 0.3) is 0 Å². The lowest BCUT2D eigenvalue weighted by molar-refractivity contribution is -0.135. The number of benzene rings is 2. The van der Waals surface area contributed by atoms with Crippen molar-refractivity contribution in [3.05, 3.63) is 59.9 Å². The summed E-state index contributed by atoms with van der Waals surface area (Å²) in [6, 6.07) is 10.4. The highest BCUT2D eigenvalue weighted by atomic mass is 19.1. The first-order valence-electron chi connectivity index (χ1n) is 13.1. The Balaban J connectivity index is 1.88. The molecule has 0 aliphatic carbocycles. The fourth-order valence-electron chi connectivity index (χ4n) is 4.43. The lowest BCUT2D eigenvalue weighted by atomic mass is 9.95. The molecule has 1 atom stereocenters. The van der Waals surface area contributed by atoms with Crippen LogP contribution in [0.2, 0.25) is 0 Å². The average molecular weight is 539 g/mol. The van der Waals surface area contributed by atoms with Crippen molar-refractivity contribution in [3.8, 4) is 0 Å². The molecule has 0 radical (unpaired) electrons. The number of halogens is 1. The summed E-state index contributed by atoms with van der Waals surface area (Å²) in [6.07, 6.45) is -0.120. The molecule has 1 heterocycles. The van der Waals surface area contributed by atoms with Crippen molar-refractivity contribution in [3.63, 3.8) is 0 Å². The van der Waals surface area contributed by atoms with E-state index in [9.17, 15) is 23.6 Å². The SMILES string of the molecule is C[C@H](NC(=O)Cc1cccc(F)c1)C(=O)NC1C(=O)N(CC(C)(C)C)c2ccccc2N(CC(C)(C)C)C1=O. The highest BCUT2D eigenvalue weighted by Gasteiger charge is 2.43. The monoisotopic (exact) mass is 538 g/mol. The van der Waals surface area contributed by atoms with Crippen molar-refractivity contribution in [2.45, 2.75) is 67.0 Å². The molecule has 0 spiro atoms. The van der Waals surface area contributed by atoms with Crippen molar-refractivity contribution in [2.24, 2.45) is 10.8 Å². The van der Waals surface area contributed by atoms with Crippen LogP contribution >= 0.6 is 0 Å². The van der Waals surface area contributed by atoms with Crippen molar-refractivity contribution in [2.75, 3.05) is 22.9 Å². The molecular formula is C30H39FN4O4. The van der Waals surface area contributed by atoms with Gasteiger partial charge in [0.2, 0.25) is 11.8 Å². The first-order chi connectivity index (χ1) is 18.1. The molecule has 1 aliphatic heterocycles. The van der Waals surface area contributed by atoms with Crippen LogP contribution in [0, 0.1) is 16.6 Å². The molecule has 0 saturated carbocycles. The molecule has 2 N–H and O–H groups in total. The average Bonchev–Trinajstić information content (AvgIpc) is 2.88. The number of nitrogens with one attached hydrogen (secondary N) is 2. The number of para-hydroxylation sites is 2. The van der Waals surface area contributed by atoms with E-state index in [0.717, 1.165) is 0 Å². The second-order valence-corrected chi connectivity index (χ2v) is 12.5. The zero-order valence-corrected chi connectivity index (χ0v) is 23.8. The fraction of sp³-hybridized carbons (Fsp3) is 0.467. The maximum atomic E-state index is 13.9. The number of amides is 4. The van der Waals surface area contributed by atoms with E-state index in [1.54, 1.807) is 28.0 Å². The summed E-state index contributed by atoms with van der Waals surface area (Å²) in [6.45, 7) is 14.1. The minimum atomic E-state index is -1.47. The van der Waals surface area contributed by atoms with Crippen LogP contribution in [0.5, 0.6) is 0 Å². The van der Waals surface area contributed by atoms with Crippen molar-refractivity contribution >= 4 is 35.0 Å². The van der Waals surface area contributed by atoms with Crippen LogP contribution in [0.1, 0.15) is 54.0 Å². The van der Waals surface area contributed by atoms with E-state index in [1.807, 2.05) is 53.7 Å². The van der Waals surface area contributed by atoms with Crippen LogP contribution in [0.15, 0.2) is 48.5 Å². The highest BCUT2D eigenvalue weighted by molar-refractivity contribution is 6.21. The van der Waals surface area contributed by atoms with Gasteiger partial charge in [0.05, 0.1) is 17.8 Å². The molecule has 0 saturated heterocycles. The van der Waals surface area contributed by atoms with Gasteiger partial charge < -0.3 is 20.4 Å². The van der Waals surface area contributed by atoms with Gasteiger partial charge >= 0.3 is 0 Å². The molecule has 4 amide bonds. The summed E-state index contributed by atoms with van der Waals surface area (Å²) in [4.78, 5) is 56.6. The smallest absolute Gasteiger partial charge is 0.259 e. The molecule has 0 unspecified atom stereocenters. The summed E-state index contributed by atoms with van der Waals surface area (Å²) in [5, 5.41) is 5.18. The molecule has 3 rings (SSSR count). The van der Waals surface area contributed by atoms with Gasteiger partial charge in [-0.2, -0.15) is 0 Å². The Morgan fingerprint density at radius 1 is 0.872 bits per heavy atom. The van der Waals surface area contributed by atoms with Crippen molar-refractivity contribution in [1.82, 2.24) is 10.6 Å². The third kappa shape index (κ3) is 7.88. The van der Waals surface area contributed by atoms with Crippen molar-refractivity contribution in [1.29, 1.82) is 0 Å². The third-order valence-corrected chi connectivity index (χ3v) is 6.07. The molecule has 2 aromatic carbocycles. The molecule has 9 heteroatoms. The number of nitrogens with zero attached hydrogens (tertiary/aromatic N) is 2. The lowest BCUT2D eigenvalue weighted by Gasteiger charge is -2.32. The van der Waals surface area contributed by atoms with Gasteiger partial charge in [-0.3, -0.25) is 19.2 Å². The van der Waals surface area contributed by atoms with E-state index in [4.69, 9.17) is 0 Å². The van der Waals surface area contributed by atoms with E-state index in [1.165, 1.54) is 25.1 Å². The highest BCUT2D eigenvalue weighted by Crippen LogP contribution is 2.36. The van der Waals surface area contributed by atoms with Gasteiger partial charge in [0, 0.05) is 13.1 Å². The quantitative estimate of drug-likeness (QED) is 0.524. The lowest BCUT2D eigenvalue weighted by Crippen LogP contribution is -2.59. The summed E-state index contributed by atoms with van der Waals surface area (Å²) in [7, 11) is 0. The molecule has 0 fully saturated rings. The van der Waals surface area contributed by atoms with Gasteiger partial charge in [-0.15, -0.1) is 0 Å². The van der Waals surface area contributed by atoms with Crippen molar-refractivity contribution < 1.29 is 23.6 Å². The number of rotatable bonds is 7. The number of carbonyl (C=O) groups excluding carboxylic acids is 4. The Hall–Kier alpha value is -3.75. The van der Waals surface area contributed by atoms with Gasteiger partial charge in [0.1, 0.15) is 11.9 Å². The fourth-order valence-corrected chi connectivity index (χ4v) is 4.43. The van der Waals surface area contributed by atoms with Crippen LogP contribution in [-0.4, -0.2) is 48.8 Å². The Bertz CT molecular complexity index is 1190. The molecule has 2 aromatic rings. The van der Waals surface area contributed by atoms with E-state index in [2.05, 4.69) is 10.6 Å². The first-order valence-corrected chi connectivity index (χ1v) is 13.1. The second-order valence-electron chi connectivity index (χ2n) is 12.5. The number of anilines is 2. The van der Waals surface area contributed by atoms with Crippen LogP contribution < -0.4 is 20.4 Å². The van der Waals surface area contributed by atoms with E-state index >= 15 is 0 Å². The van der Waals surface area contributed by atoms with E-state index in [-0.39, 0.29) is 17.3 Å². The Labute approximate surface area is 229 Å². The number of carbonyl (C=O) groups is 4. The van der Waals surface area contributed by atoms with Gasteiger partial charge in [0.15, 0.2) is 6.04 Å². The molecule has 210 valence electrons. The third-order valence-electron chi connectivity index (χ3n) is 6.07. The Morgan fingerprint density at radius 2 is 1.38 bits per heavy atom. The topological polar surface area (TPSA) is 98.8 Å². The zero-order chi connectivity index (χ0) is 29.1. The number of fused-ring (bicyclic) bond motifs is 1. The van der Waals surface area contributed by atoms with Crippen LogP contribution in [0.4, 0.5) is 15.8 Å². The molecule has 0 aromatic heterocycles. The van der Waals surface area contributed by atoms with Gasteiger partial charge in [-0.1, -0.05) is 65.8 Å². The van der Waals surface area contributed by atoms with Crippen LogP contribution in [0.3, 0.4) is 0 Å². The summed E-state index contributed by atoms with van der Waals surface area (Å²) >= 11 is 0. The molecular weight excluding hydrogens is 499 g/mol. The summed E-state index contributed by atoms with van der Waals surface area (Å²) in [5.74, 6) is -2.70. The molecule has 0 bridgehead atoms. The predicted octanol–water partition coefficient (Wildman–Crippen LogP) is 3.83. The minimum absolute atomic E-state index is 0.120. The number of hydrogen-bond donors (Lipinski definition) is 2. The predicted molar refractivity (Wildman–Crippen MR) is 150 cm³/mol.